The van der Waals surface area contributed by atoms with Crippen molar-refractivity contribution < 1.29 is 13.2 Å². The van der Waals surface area contributed by atoms with Crippen LogP contribution in [-0.4, -0.2) is 53.5 Å². The predicted octanol–water partition coefficient (Wildman–Crippen LogP) is 3.45. The summed E-state index contributed by atoms with van der Waals surface area (Å²) in [5, 5.41) is 9.46. The molecule has 0 saturated carbocycles. The molecular formula is C28H31ClN6O4S. The fourth-order valence-electron chi connectivity index (χ4n) is 4.78. The molecule has 4 aromatic rings. The van der Waals surface area contributed by atoms with E-state index in [0.29, 0.717) is 40.1 Å². The van der Waals surface area contributed by atoms with Crippen LogP contribution < -0.4 is 20.8 Å². The molecule has 10 nitrogen and oxygen atoms in total. The third-order valence-corrected chi connectivity index (χ3v) is 8.42. The van der Waals surface area contributed by atoms with Crippen LogP contribution in [0.3, 0.4) is 0 Å². The van der Waals surface area contributed by atoms with Crippen LogP contribution in [0.25, 0.3) is 11.0 Å². The van der Waals surface area contributed by atoms with Gasteiger partial charge < -0.3 is 19.5 Å². The van der Waals surface area contributed by atoms with Gasteiger partial charge in [-0.1, -0.05) is 11.6 Å². The first-order valence-electron chi connectivity index (χ1n) is 13.0. The Balaban J connectivity index is 1.20. The third-order valence-electron chi connectivity index (χ3n) is 7.10. The molecule has 5 rings (SSSR count). The summed E-state index contributed by atoms with van der Waals surface area (Å²) in [5.74, 6) is 0.865. The van der Waals surface area contributed by atoms with Gasteiger partial charge >= 0.3 is 0 Å². The smallest absolute Gasteiger partial charge is 0.251 e. The highest BCUT2D eigenvalue weighted by Crippen LogP contribution is 2.25. The molecule has 0 amide bonds. The van der Waals surface area contributed by atoms with Crippen molar-refractivity contribution in [1.29, 1.82) is 0 Å². The number of aryl methyl sites for hydroxylation is 1. The van der Waals surface area contributed by atoms with Crippen molar-refractivity contribution >= 4 is 32.7 Å². The highest BCUT2D eigenvalue weighted by atomic mass is 35.5. The van der Waals surface area contributed by atoms with Gasteiger partial charge in [-0.25, -0.2) is 13.6 Å². The molecule has 0 unspecified atom stereocenters. The van der Waals surface area contributed by atoms with E-state index in [1.807, 2.05) is 19.2 Å². The van der Waals surface area contributed by atoms with Gasteiger partial charge in [0.2, 0.25) is 10.0 Å². The number of piperidine rings is 1. The lowest BCUT2D eigenvalue weighted by Gasteiger charge is -2.32. The number of aromatic nitrogens is 3. The molecule has 1 saturated heterocycles. The maximum atomic E-state index is 12.8. The number of likely N-dealkylation sites (tertiary alicyclic amines) is 1. The van der Waals surface area contributed by atoms with Crippen LogP contribution in [0.2, 0.25) is 5.02 Å². The molecule has 4 heterocycles. The van der Waals surface area contributed by atoms with E-state index in [4.69, 9.17) is 21.5 Å². The minimum absolute atomic E-state index is 0.00128. The molecule has 1 aliphatic heterocycles. The highest BCUT2D eigenvalue weighted by molar-refractivity contribution is 7.89. The highest BCUT2D eigenvalue weighted by Gasteiger charge is 2.19. The van der Waals surface area contributed by atoms with Gasteiger partial charge in [0, 0.05) is 44.0 Å². The molecule has 12 heteroatoms. The second kappa shape index (κ2) is 12.0. The van der Waals surface area contributed by atoms with Crippen LogP contribution in [0.4, 0.5) is 0 Å². The van der Waals surface area contributed by atoms with E-state index in [1.54, 1.807) is 22.9 Å². The summed E-state index contributed by atoms with van der Waals surface area (Å²) >= 11 is 6.20. The molecule has 0 spiro atoms. The number of sulfonamides is 1. The molecular weight excluding hydrogens is 552 g/mol. The Morgan fingerprint density at radius 2 is 1.77 bits per heavy atom. The fraction of sp³-hybridized carbons (Fsp3) is 0.321. The number of hydrogen-bond acceptors (Lipinski definition) is 8. The number of benzene rings is 1. The van der Waals surface area contributed by atoms with E-state index in [-0.39, 0.29) is 10.5 Å². The van der Waals surface area contributed by atoms with E-state index in [9.17, 15) is 13.2 Å². The molecule has 0 atom stereocenters. The molecule has 0 bridgehead atoms. The van der Waals surface area contributed by atoms with Crippen LogP contribution in [0, 0.1) is 6.92 Å². The summed E-state index contributed by atoms with van der Waals surface area (Å²) in [6, 6.07) is 13.2. The molecule has 210 valence electrons. The Kier molecular flexibility index (Phi) is 8.48. The number of pyridine rings is 3. The lowest BCUT2D eigenvalue weighted by molar-refractivity contribution is 0.191. The first kappa shape index (κ1) is 28.2. The van der Waals surface area contributed by atoms with Gasteiger partial charge in [-0.2, -0.15) is 0 Å². The average Bonchev–Trinajstić information content (AvgIpc) is 2.93. The van der Waals surface area contributed by atoms with Crippen molar-refractivity contribution in [3.05, 3.63) is 87.6 Å². The largest absolute Gasteiger partial charge is 0.456 e. The lowest BCUT2D eigenvalue weighted by Crippen LogP contribution is -2.43. The predicted molar refractivity (Wildman–Crippen MR) is 154 cm³/mol. The summed E-state index contributed by atoms with van der Waals surface area (Å²) in [6.45, 7) is 5.76. The molecule has 40 heavy (non-hydrogen) atoms. The SMILES string of the molecule is Cc1ncc(CNC2CCN(CCn3c(=O)ccc4ncc(Oc5ccc(S(N)(=O)=O)cc5)cc43)CC2)cc1Cl. The summed E-state index contributed by atoms with van der Waals surface area (Å²) in [4.78, 5) is 24.0. The zero-order valence-corrected chi connectivity index (χ0v) is 23.7. The molecule has 3 N–H and O–H groups in total. The van der Waals surface area contributed by atoms with Crippen LogP contribution in [-0.2, 0) is 23.1 Å². The van der Waals surface area contributed by atoms with Gasteiger partial charge in [0.25, 0.3) is 5.56 Å². The number of nitrogens with two attached hydrogens (primary N) is 1. The second-order valence-corrected chi connectivity index (χ2v) is 11.9. The average molecular weight is 583 g/mol. The number of fused-ring (bicyclic) bond motifs is 1. The Morgan fingerprint density at radius 3 is 2.48 bits per heavy atom. The minimum atomic E-state index is -3.79. The van der Waals surface area contributed by atoms with Crippen molar-refractivity contribution in [2.75, 3.05) is 19.6 Å². The van der Waals surface area contributed by atoms with Crippen molar-refractivity contribution in [1.82, 2.24) is 24.8 Å². The van der Waals surface area contributed by atoms with Crippen LogP contribution in [0.1, 0.15) is 24.1 Å². The molecule has 1 aromatic carbocycles. The molecule has 3 aromatic heterocycles. The topological polar surface area (TPSA) is 132 Å². The summed E-state index contributed by atoms with van der Waals surface area (Å²) in [5.41, 5.74) is 3.16. The Labute approximate surface area is 237 Å². The van der Waals surface area contributed by atoms with Crippen molar-refractivity contribution in [3.63, 3.8) is 0 Å². The third kappa shape index (κ3) is 6.86. The Bertz CT molecular complexity index is 1670. The maximum Gasteiger partial charge on any atom is 0.251 e. The summed E-state index contributed by atoms with van der Waals surface area (Å²) in [6.07, 6.45) is 5.46. The standard InChI is InChI=1S/C28H31ClN6O4S/c1-19-25(29)14-20(16-31-19)17-32-21-8-10-34(11-9-21)12-13-35-27-15-23(18-33-26(27)6-7-28(35)36)39-22-2-4-24(5-3-22)40(30,37)38/h2-7,14-16,18,21,32H,8-13,17H2,1H3,(H2,30,37,38). The first-order chi connectivity index (χ1) is 19.2. The maximum absolute atomic E-state index is 12.8. The number of rotatable bonds is 9. The Morgan fingerprint density at radius 1 is 1.02 bits per heavy atom. The number of ether oxygens (including phenoxy) is 1. The molecule has 1 aliphatic rings. The quantitative estimate of drug-likeness (QED) is 0.307. The van der Waals surface area contributed by atoms with E-state index >= 15 is 0 Å². The van der Waals surface area contributed by atoms with Gasteiger partial charge in [-0.15, -0.1) is 0 Å². The van der Waals surface area contributed by atoms with Crippen molar-refractivity contribution in [2.24, 2.45) is 5.14 Å². The second-order valence-electron chi connectivity index (χ2n) is 9.92. The van der Waals surface area contributed by atoms with Crippen molar-refractivity contribution in [2.45, 2.75) is 43.8 Å². The number of primary sulfonamides is 1. The van der Waals surface area contributed by atoms with Crippen molar-refractivity contribution in [3.8, 4) is 11.5 Å². The van der Waals surface area contributed by atoms with Crippen LogP contribution in [0.15, 0.2) is 70.6 Å². The van der Waals surface area contributed by atoms with Gasteiger partial charge in [0.05, 0.1) is 32.8 Å². The van der Waals surface area contributed by atoms with Gasteiger partial charge in [-0.3, -0.25) is 14.8 Å². The molecule has 0 aliphatic carbocycles. The number of nitrogens with one attached hydrogen (secondary N) is 1. The van der Waals surface area contributed by atoms with E-state index in [1.165, 1.54) is 30.3 Å². The summed E-state index contributed by atoms with van der Waals surface area (Å²) in [7, 11) is -3.79. The Hall–Kier alpha value is -3.35. The monoisotopic (exact) mass is 582 g/mol. The normalized spacial score (nSPS) is 15.0. The lowest BCUT2D eigenvalue weighted by atomic mass is 10.0. The van der Waals surface area contributed by atoms with Gasteiger partial charge in [-0.05, 0) is 74.8 Å². The number of hydrogen-bond donors (Lipinski definition) is 2. The van der Waals surface area contributed by atoms with E-state index in [2.05, 4.69) is 20.2 Å². The van der Waals surface area contributed by atoms with E-state index in [0.717, 1.165) is 50.3 Å². The minimum Gasteiger partial charge on any atom is -0.456 e. The van der Waals surface area contributed by atoms with Gasteiger partial charge in [0.15, 0.2) is 0 Å². The number of nitrogens with zero attached hydrogens (tertiary/aromatic N) is 4. The van der Waals surface area contributed by atoms with E-state index < -0.39 is 10.0 Å². The summed E-state index contributed by atoms with van der Waals surface area (Å²) < 4.78 is 30.6. The van der Waals surface area contributed by atoms with Crippen LogP contribution >= 0.6 is 11.6 Å². The zero-order valence-electron chi connectivity index (χ0n) is 22.1. The zero-order chi connectivity index (χ0) is 28.3. The van der Waals surface area contributed by atoms with Gasteiger partial charge in [0.1, 0.15) is 11.5 Å². The molecule has 0 radical (unpaired) electrons. The number of halogens is 1. The first-order valence-corrected chi connectivity index (χ1v) is 15.0. The molecule has 1 fully saturated rings. The van der Waals surface area contributed by atoms with Crippen LogP contribution in [0.5, 0.6) is 11.5 Å². The fourth-order valence-corrected chi connectivity index (χ4v) is 5.48.